The SMILES string of the molecule is CC(=O)OC(Cc1cc(O[Si](C)(C)C(C)(C)C)ccc1O)C(=O)O. The van der Waals surface area contributed by atoms with Crippen LogP contribution in [0.5, 0.6) is 11.5 Å². The third kappa shape index (κ3) is 5.26. The molecule has 1 unspecified atom stereocenters. The molecule has 0 heterocycles. The van der Waals surface area contributed by atoms with E-state index >= 15 is 0 Å². The van der Waals surface area contributed by atoms with Crippen molar-refractivity contribution in [3.05, 3.63) is 23.8 Å². The Morgan fingerprint density at radius 1 is 1.25 bits per heavy atom. The van der Waals surface area contributed by atoms with E-state index in [9.17, 15) is 14.7 Å². The lowest BCUT2D eigenvalue weighted by atomic mass is 10.1. The molecule has 0 saturated heterocycles. The molecule has 0 radical (unpaired) electrons. The second kappa shape index (κ2) is 7.25. The zero-order chi connectivity index (χ0) is 18.7. The topological polar surface area (TPSA) is 93.1 Å². The highest BCUT2D eigenvalue weighted by Gasteiger charge is 2.39. The molecule has 0 fully saturated rings. The maximum Gasteiger partial charge on any atom is 0.345 e. The van der Waals surface area contributed by atoms with Gasteiger partial charge < -0.3 is 19.4 Å². The van der Waals surface area contributed by atoms with Gasteiger partial charge in [-0.2, -0.15) is 0 Å². The second-order valence-corrected chi connectivity index (χ2v) is 12.0. The van der Waals surface area contributed by atoms with Gasteiger partial charge in [0.1, 0.15) is 11.5 Å². The highest BCUT2D eigenvalue weighted by atomic mass is 28.4. The summed E-state index contributed by atoms with van der Waals surface area (Å²) in [7, 11) is -2.06. The number of carboxylic acid groups (broad SMARTS) is 1. The number of aromatic hydroxyl groups is 1. The maximum atomic E-state index is 11.2. The number of phenolic OH excluding ortho intramolecular Hbond substituents is 1. The maximum absolute atomic E-state index is 11.2. The van der Waals surface area contributed by atoms with Gasteiger partial charge in [0.25, 0.3) is 0 Å². The van der Waals surface area contributed by atoms with E-state index in [0.717, 1.165) is 6.92 Å². The number of esters is 1. The molecule has 0 saturated carbocycles. The average molecular weight is 354 g/mol. The second-order valence-electron chi connectivity index (χ2n) is 7.29. The van der Waals surface area contributed by atoms with E-state index < -0.39 is 26.4 Å². The average Bonchev–Trinajstić information content (AvgIpc) is 2.39. The number of rotatable bonds is 6. The van der Waals surface area contributed by atoms with Crippen molar-refractivity contribution in [3.63, 3.8) is 0 Å². The van der Waals surface area contributed by atoms with Crippen LogP contribution in [0.15, 0.2) is 18.2 Å². The summed E-state index contributed by atoms with van der Waals surface area (Å²) in [6.07, 6.45) is -1.48. The van der Waals surface area contributed by atoms with E-state index in [2.05, 4.69) is 33.9 Å². The van der Waals surface area contributed by atoms with E-state index in [1.54, 1.807) is 12.1 Å². The minimum Gasteiger partial charge on any atom is -0.543 e. The summed E-state index contributed by atoms with van der Waals surface area (Å²) in [5.41, 5.74) is 0.361. The molecule has 1 rings (SSSR count). The van der Waals surface area contributed by atoms with E-state index in [1.807, 2.05) is 0 Å². The minimum absolute atomic E-state index is 0.00634. The molecular formula is C17H26O6Si. The van der Waals surface area contributed by atoms with E-state index in [0.29, 0.717) is 11.3 Å². The lowest BCUT2D eigenvalue weighted by Crippen LogP contribution is -2.43. The summed E-state index contributed by atoms with van der Waals surface area (Å²) in [4.78, 5) is 22.2. The first-order valence-electron chi connectivity index (χ1n) is 7.74. The van der Waals surface area contributed by atoms with Gasteiger partial charge in [-0.1, -0.05) is 20.8 Å². The minimum atomic E-state index is -2.06. The van der Waals surface area contributed by atoms with Crippen molar-refractivity contribution in [2.24, 2.45) is 0 Å². The molecule has 24 heavy (non-hydrogen) atoms. The summed E-state index contributed by atoms with van der Waals surface area (Å²) in [5, 5.41) is 19.1. The van der Waals surface area contributed by atoms with E-state index in [1.165, 1.54) is 6.07 Å². The van der Waals surface area contributed by atoms with Crippen molar-refractivity contribution in [2.75, 3.05) is 0 Å². The summed E-state index contributed by atoms with van der Waals surface area (Å²) in [6, 6.07) is 4.72. The van der Waals surface area contributed by atoms with Crippen LogP contribution in [0, 0.1) is 0 Å². The number of aliphatic carboxylic acids is 1. The van der Waals surface area contributed by atoms with Crippen molar-refractivity contribution in [1.82, 2.24) is 0 Å². The molecule has 0 amide bonds. The fraction of sp³-hybridized carbons (Fsp3) is 0.529. The van der Waals surface area contributed by atoms with Gasteiger partial charge in [0.05, 0.1) is 0 Å². The van der Waals surface area contributed by atoms with Gasteiger partial charge in [-0.15, -0.1) is 0 Å². The van der Waals surface area contributed by atoms with Crippen LogP contribution >= 0.6 is 0 Å². The Morgan fingerprint density at radius 3 is 2.29 bits per heavy atom. The Morgan fingerprint density at radius 2 is 1.83 bits per heavy atom. The molecule has 134 valence electrons. The van der Waals surface area contributed by atoms with Crippen LogP contribution in [-0.4, -0.2) is 36.6 Å². The Balaban J connectivity index is 3.05. The van der Waals surface area contributed by atoms with Crippen molar-refractivity contribution in [3.8, 4) is 11.5 Å². The van der Waals surface area contributed by atoms with E-state index in [-0.39, 0.29) is 17.2 Å². The fourth-order valence-electron chi connectivity index (χ4n) is 1.82. The Bertz CT molecular complexity index is 618. The zero-order valence-corrected chi connectivity index (χ0v) is 16.0. The number of carbonyl (C=O) groups excluding carboxylic acids is 1. The van der Waals surface area contributed by atoms with Crippen molar-refractivity contribution < 1.29 is 29.0 Å². The van der Waals surface area contributed by atoms with Gasteiger partial charge in [-0.05, 0) is 36.3 Å². The molecule has 2 N–H and O–H groups in total. The highest BCUT2D eigenvalue weighted by Crippen LogP contribution is 2.38. The smallest absolute Gasteiger partial charge is 0.345 e. The summed E-state index contributed by atoms with van der Waals surface area (Å²) >= 11 is 0. The number of phenols is 1. The first-order chi connectivity index (χ1) is 10.8. The van der Waals surface area contributed by atoms with Gasteiger partial charge in [0.2, 0.25) is 14.4 Å². The van der Waals surface area contributed by atoms with Crippen LogP contribution in [0.1, 0.15) is 33.3 Å². The monoisotopic (exact) mass is 354 g/mol. The lowest BCUT2D eigenvalue weighted by molar-refractivity contribution is -0.162. The summed E-state index contributed by atoms with van der Waals surface area (Å²) in [6.45, 7) is 11.7. The molecule has 6 nitrogen and oxygen atoms in total. The van der Waals surface area contributed by atoms with Crippen LogP contribution in [0.4, 0.5) is 0 Å². The van der Waals surface area contributed by atoms with Crippen molar-refractivity contribution in [2.45, 2.75) is 58.4 Å². The third-order valence-corrected chi connectivity index (χ3v) is 8.58. The molecular weight excluding hydrogens is 328 g/mol. The molecule has 7 heteroatoms. The summed E-state index contributed by atoms with van der Waals surface area (Å²) in [5.74, 6) is -1.44. The largest absolute Gasteiger partial charge is 0.543 e. The molecule has 1 aromatic rings. The quantitative estimate of drug-likeness (QED) is 0.601. The van der Waals surface area contributed by atoms with Gasteiger partial charge >= 0.3 is 11.9 Å². The van der Waals surface area contributed by atoms with Gasteiger partial charge in [0.15, 0.2) is 0 Å². The van der Waals surface area contributed by atoms with Gasteiger partial charge in [-0.3, -0.25) is 4.79 Å². The van der Waals surface area contributed by atoms with Crippen LogP contribution in [0.2, 0.25) is 18.1 Å². The number of ether oxygens (including phenoxy) is 1. The zero-order valence-electron chi connectivity index (χ0n) is 15.0. The number of carbonyl (C=O) groups is 2. The van der Waals surface area contributed by atoms with Crippen LogP contribution < -0.4 is 4.43 Å². The molecule has 1 aromatic carbocycles. The van der Waals surface area contributed by atoms with Crippen molar-refractivity contribution >= 4 is 20.3 Å². The Labute approximate surface area is 143 Å². The highest BCUT2D eigenvalue weighted by molar-refractivity contribution is 6.74. The molecule has 0 aliphatic heterocycles. The number of hydrogen-bond donors (Lipinski definition) is 2. The molecule has 0 aliphatic rings. The number of benzene rings is 1. The number of hydrogen-bond acceptors (Lipinski definition) is 5. The van der Waals surface area contributed by atoms with Crippen LogP contribution in [-0.2, 0) is 20.7 Å². The fourth-order valence-corrected chi connectivity index (χ4v) is 2.84. The molecule has 1 atom stereocenters. The predicted molar refractivity (Wildman–Crippen MR) is 92.8 cm³/mol. The normalized spacial score (nSPS) is 13.2. The predicted octanol–water partition coefficient (Wildman–Crippen LogP) is 3.34. The summed E-state index contributed by atoms with van der Waals surface area (Å²) < 4.78 is 10.9. The first kappa shape index (κ1) is 20.0. The van der Waals surface area contributed by atoms with Crippen LogP contribution in [0.25, 0.3) is 0 Å². The molecule has 0 spiro atoms. The van der Waals surface area contributed by atoms with Crippen molar-refractivity contribution in [1.29, 1.82) is 0 Å². The molecule has 0 bridgehead atoms. The molecule has 0 aromatic heterocycles. The Kier molecular flexibility index (Phi) is 6.05. The van der Waals surface area contributed by atoms with Gasteiger partial charge in [-0.25, -0.2) is 4.79 Å². The first-order valence-corrected chi connectivity index (χ1v) is 10.7. The standard InChI is InChI=1S/C17H26O6Si/c1-11(18)22-15(16(20)21)10-12-9-13(7-8-14(12)19)23-24(5,6)17(2,3)4/h7-9,15,19H,10H2,1-6H3,(H,20,21). The van der Waals surface area contributed by atoms with Gasteiger partial charge in [0, 0.05) is 18.9 Å². The lowest BCUT2D eigenvalue weighted by Gasteiger charge is -2.36. The molecule has 0 aliphatic carbocycles. The Hall–Kier alpha value is -2.02. The van der Waals surface area contributed by atoms with E-state index in [4.69, 9.17) is 14.3 Å². The van der Waals surface area contributed by atoms with Crippen LogP contribution in [0.3, 0.4) is 0 Å². The number of carboxylic acids is 1. The third-order valence-electron chi connectivity index (χ3n) is 4.22.